The van der Waals surface area contributed by atoms with Gasteiger partial charge in [-0.1, -0.05) is 26.0 Å². The van der Waals surface area contributed by atoms with Crippen molar-refractivity contribution >= 4 is 34.9 Å². The van der Waals surface area contributed by atoms with Crippen LogP contribution in [0.1, 0.15) is 51.5 Å². The Morgan fingerprint density at radius 3 is 2.32 bits per heavy atom. The van der Waals surface area contributed by atoms with Gasteiger partial charge < -0.3 is 20.4 Å². The van der Waals surface area contributed by atoms with Crippen molar-refractivity contribution in [1.29, 1.82) is 0 Å². The van der Waals surface area contributed by atoms with Gasteiger partial charge in [0.25, 0.3) is 0 Å². The van der Waals surface area contributed by atoms with Crippen molar-refractivity contribution in [2.24, 2.45) is 11.8 Å². The summed E-state index contributed by atoms with van der Waals surface area (Å²) in [7, 11) is 0. The maximum Gasteiger partial charge on any atom is 0.232 e. The Kier molecular flexibility index (Phi) is 8.53. The maximum absolute atomic E-state index is 13.1. The first-order chi connectivity index (χ1) is 16.5. The van der Waals surface area contributed by atoms with E-state index in [0.717, 1.165) is 62.8 Å². The van der Waals surface area contributed by atoms with Crippen molar-refractivity contribution in [3.63, 3.8) is 0 Å². The highest BCUT2D eigenvalue weighted by Crippen LogP contribution is 2.29. The normalized spacial score (nSPS) is 20.8. The summed E-state index contributed by atoms with van der Waals surface area (Å²) in [6.45, 7) is 9.48. The first kappa shape index (κ1) is 24.6. The van der Waals surface area contributed by atoms with Crippen molar-refractivity contribution in [2.45, 2.75) is 52.4 Å². The molecule has 2 unspecified atom stereocenters. The Labute approximate surface area is 208 Å². The zero-order valence-corrected chi connectivity index (χ0v) is 21.2. The van der Waals surface area contributed by atoms with Crippen LogP contribution in [0.5, 0.6) is 0 Å². The van der Waals surface area contributed by atoms with Crippen molar-refractivity contribution in [2.75, 3.05) is 47.8 Å². The first-order valence-electron chi connectivity index (χ1n) is 12.6. The summed E-state index contributed by atoms with van der Waals surface area (Å²) in [5.74, 6) is 3.62. The maximum atomic E-state index is 13.1. The molecule has 8 heteroatoms. The zero-order chi connectivity index (χ0) is 23.9. The molecule has 0 radical (unpaired) electrons. The van der Waals surface area contributed by atoms with E-state index >= 15 is 0 Å². The highest BCUT2D eigenvalue weighted by atomic mass is 32.1. The second-order valence-corrected chi connectivity index (χ2v) is 10.3. The van der Waals surface area contributed by atoms with Gasteiger partial charge in [-0.05, 0) is 80.3 Å². The SMILES string of the molecule is CC1CC(C)CN(c2cc(N3CCCCC3)nc(NC(=S)NCCCc3ccc(F)cc3)n2)C1. The highest BCUT2D eigenvalue weighted by Gasteiger charge is 2.25. The molecular weight excluding hydrogens is 447 g/mol. The predicted molar refractivity (Wildman–Crippen MR) is 142 cm³/mol. The third kappa shape index (κ3) is 7.01. The van der Waals surface area contributed by atoms with E-state index in [1.807, 2.05) is 12.1 Å². The number of anilines is 3. The third-order valence-corrected chi connectivity index (χ3v) is 6.88. The Hall–Kier alpha value is -2.48. The topological polar surface area (TPSA) is 56.3 Å². The van der Waals surface area contributed by atoms with Crippen LogP contribution in [-0.2, 0) is 6.42 Å². The van der Waals surface area contributed by atoms with Gasteiger partial charge in [-0.15, -0.1) is 0 Å². The molecule has 2 fully saturated rings. The lowest BCUT2D eigenvalue weighted by Gasteiger charge is -2.36. The Morgan fingerprint density at radius 1 is 1.00 bits per heavy atom. The fraction of sp³-hybridized carbons (Fsp3) is 0.577. The molecule has 184 valence electrons. The fourth-order valence-electron chi connectivity index (χ4n) is 5.07. The third-order valence-electron chi connectivity index (χ3n) is 6.64. The van der Waals surface area contributed by atoms with Gasteiger partial charge in [0, 0.05) is 38.8 Å². The van der Waals surface area contributed by atoms with Crippen LogP contribution in [0, 0.1) is 17.7 Å². The van der Waals surface area contributed by atoms with Gasteiger partial charge in [-0.3, -0.25) is 0 Å². The van der Waals surface area contributed by atoms with E-state index in [2.05, 4.69) is 40.3 Å². The standard InChI is InChI=1S/C26H37FN6S/c1-19-15-20(2)18-33(17-19)24-16-23(32-13-4-3-5-14-32)29-25(30-24)31-26(34)28-12-6-7-21-8-10-22(27)11-9-21/h8-11,16,19-20H,3-7,12-15,17-18H2,1-2H3,(H2,28,29,30,31,34). The minimum atomic E-state index is -0.202. The van der Waals surface area contributed by atoms with Crippen molar-refractivity contribution < 1.29 is 4.39 Å². The molecule has 2 aromatic rings. The Balaban J connectivity index is 1.39. The summed E-state index contributed by atoms with van der Waals surface area (Å²) in [6, 6.07) is 8.82. The summed E-state index contributed by atoms with van der Waals surface area (Å²) in [5, 5.41) is 7.02. The number of aryl methyl sites for hydroxylation is 1. The number of halogens is 1. The van der Waals surface area contributed by atoms with Crippen LogP contribution in [-0.4, -0.2) is 47.8 Å². The zero-order valence-electron chi connectivity index (χ0n) is 20.4. The second-order valence-electron chi connectivity index (χ2n) is 9.92. The van der Waals surface area contributed by atoms with Gasteiger partial charge in [-0.2, -0.15) is 9.97 Å². The van der Waals surface area contributed by atoms with Gasteiger partial charge in [0.15, 0.2) is 5.11 Å². The summed E-state index contributed by atoms with van der Waals surface area (Å²) in [6.07, 6.45) is 6.72. The lowest BCUT2D eigenvalue weighted by atomic mass is 9.92. The summed E-state index contributed by atoms with van der Waals surface area (Å²) in [4.78, 5) is 14.5. The molecular formula is C26H37FN6S. The van der Waals surface area contributed by atoms with Crippen molar-refractivity contribution in [3.8, 4) is 0 Å². The van der Waals surface area contributed by atoms with Crippen molar-refractivity contribution in [1.82, 2.24) is 15.3 Å². The number of thiocarbonyl (C=S) groups is 1. The van der Waals surface area contributed by atoms with Crippen LogP contribution in [0.2, 0.25) is 0 Å². The number of nitrogens with one attached hydrogen (secondary N) is 2. The molecule has 2 saturated heterocycles. The average molecular weight is 485 g/mol. The summed E-state index contributed by atoms with van der Waals surface area (Å²) < 4.78 is 13.1. The number of benzene rings is 1. The molecule has 0 amide bonds. The Morgan fingerprint density at radius 2 is 1.65 bits per heavy atom. The summed E-state index contributed by atoms with van der Waals surface area (Å²) in [5.41, 5.74) is 1.12. The van der Waals surface area contributed by atoms with E-state index in [1.165, 1.54) is 37.8 Å². The van der Waals surface area contributed by atoms with Gasteiger partial charge in [0.05, 0.1) is 0 Å². The minimum Gasteiger partial charge on any atom is -0.362 e. The Bertz CT molecular complexity index is 937. The van der Waals surface area contributed by atoms with Crippen LogP contribution >= 0.6 is 12.2 Å². The minimum absolute atomic E-state index is 0.202. The van der Waals surface area contributed by atoms with Crippen molar-refractivity contribution in [3.05, 3.63) is 41.7 Å². The predicted octanol–water partition coefficient (Wildman–Crippen LogP) is 5.01. The monoisotopic (exact) mass is 484 g/mol. The van der Waals surface area contributed by atoms with Crippen LogP contribution in [0.25, 0.3) is 0 Å². The largest absolute Gasteiger partial charge is 0.362 e. The molecule has 34 heavy (non-hydrogen) atoms. The highest BCUT2D eigenvalue weighted by molar-refractivity contribution is 7.80. The fourth-order valence-corrected chi connectivity index (χ4v) is 5.26. The van der Waals surface area contributed by atoms with E-state index in [0.29, 0.717) is 22.9 Å². The molecule has 1 aromatic carbocycles. The molecule has 0 aliphatic carbocycles. The van der Waals surface area contributed by atoms with Gasteiger partial charge in [-0.25, -0.2) is 4.39 Å². The molecule has 6 nitrogen and oxygen atoms in total. The van der Waals surface area contributed by atoms with Gasteiger partial charge in [0.2, 0.25) is 5.95 Å². The van der Waals surface area contributed by atoms with Crippen LogP contribution in [0.3, 0.4) is 0 Å². The van der Waals surface area contributed by atoms with Crippen LogP contribution in [0.15, 0.2) is 30.3 Å². The van der Waals surface area contributed by atoms with Gasteiger partial charge in [0.1, 0.15) is 17.5 Å². The molecule has 3 heterocycles. The molecule has 2 atom stereocenters. The molecule has 2 aliphatic rings. The number of aromatic nitrogens is 2. The molecule has 2 aliphatic heterocycles. The van der Waals surface area contributed by atoms with Crippen LogP contribution < -0.4 is 20.4 Å². The number of nitrogens with zero attached hydrogens (tertiary/aromatic N) is 4. The molecule has 0 spiro atoms. The van der Waals surface area contributed by atoms with E-state index in [1.54, 1.807) is 0 Å². The quantitative estimate of drug-likeness (QED) is 0.423. The van der Waals surface area contributed by atoms with Gasteiger partial charge >= 0.3 is 0 Å². The smallest absolute Gasteiger partial charge is 0.232 e. The van der Waals surface area contributed by atoms with E-state index in [4.69, 9.17) is 22.2 Å². The number of rotatable bonds is 7. The summed E-state index contributed by atoms with van der Waals surface area (Å²) >= 11 is 5.54. The van der Waals surface area contributed by atoms with E-state index < -0.39 is 0 Å². The molecule has 1 aromatic heterocycles. The number of piperidine rings is 2. The lowest BCUT2D eigenvalue weighted by Crippen LogP contribution is -2.40. The first-order valence-corrected chi connectivity index (χ1v) is 13.1. The molecule has 0 saturated carbocycles. The molecule has 2 N–H and O–H groups in total. The van der Waals surface area contributed by atoms with E-state index in [-0.39, 0.29) is 5.82 Å². The van der Waals surface area contributed by atoms with E-state index in [9.17, 15) is 4.39 Å². The average Bonchev–Trinajstić information content (AvgIpc) is 2.83. The lowest BCUT2D eigenvalue weighted by molar-refractivity contribution is 0.355. The number of hydrogen-bond donors (Lipinski definition) is 2. The molecule has 0 bridgehead atoms. The number of hydrogen-bond acceptors (Lipinski definition) is 5. The second kappa shape index (κ2) is 11.8. The van der Waals surface area contributed by atoms with Crippen LogP contribution in [0.4, 0.5) is 22.0 Å². The molecule has 4 rings (SSSR count).